The number of carbonyl (C=O) groups excluding carboxylic acids is 1. The number of hydrazone groups is 1. The minimum Gasteiger partial charge on any atom is -0.476 e. The van der Waals surface area contributed by atoms with Crippen LogP contribution in [-0.2, 0) is 20.8 Å². The molecule has 3 heterocycles. The van der Waals surface area contributed by atoms with Crippen molar-refractivity contribution in [2.45, 2.75) is 27.3 Å². The van der Waals surface area contributed by atoms with Gasteiger partial charge in [0.25, 0.3) is 5.91 Å². The van der Waals surface area contributed by atoms with Crippen LogP contribution in [0, 0.1) is 13.8 Å². The van der Waals surface area contributed by atoms with Crippen molar-refractivity contribution in [1.82, 2.24) is 15.3 Å². The molecule has 1 amide bonds. The first kappa shape index (κ1) is 16.7. The molecule has 0 atom stereocenters. The quantitative estimate of drug-likeness (QED) is 0.815. The molecule has 0 aromatic carbocycles. The number of nitrogens with zero attached hydrogens (tertiary/aromatic N) is 2. The van der Waals surface area contributed by atoms with E-state index < -0.39 is 0 Å². The predicted molar refractivity (Wildman–Crippen MR) is 91.5 cm³/mol. The first-order valence-electron chi connectivity index (χ1n) is 8.31. The van der Waals surface area contributed by atoms with Crippen LogP contribution in [0.25, 0.3) is 6.08 Å². The lowest BCUT2D eigenvalue weighted by atomic mass is 10.1. The second-order valence-electron chi connectivity index (χ2n) is 6.00. The zero-order valence-corrected chi connectivity index (χ0v) is 14.4. The summed E-state index contributed by atoms with van der Waals surface area (Å²) >= 11 is 0. The average Bonchev–Trinajstić information content (AvgIpc) is 3.05. The first-order chi connectivity index (χ1) is 11.6. The lowest BCUT2D eigenvalue weighted by molar-refractivity contribution is -0.116. The fraction of sp³-hybridized carbons (Fsp3) is 0.529. The molecule has 2 aliphatic rings. The second-order valence-corrected chi connectivity index (χ2v) is 6.00. The predicted octanol–water partition coefficient (Wildman–Crippen LogP) is 1.33. The molecule has 2 N–H and O–H groups in total. The molecule has 3 rings (SSSR count). The molecule has 1 saturated heterocycles. The minimum atomic E-state index is -0.236. The van der Waals surface area contributed by atoms with E-state index in [2.05, 4.69) is 34.3 Å². The van der Waals surface area contributed by atoms with Crippen molar-refractivity contribution >= 4 is 17.9 Å². The number of rotatable bonds is 4. The maximum atomic E-state index is 12.0. The third-order valence-corrected chi connectivity index (χ3v) is 4.42. The van der Waals surface area contributed by atoms with Gasteiger partial charge in [0.1, 0.15) is 5.57 Å². The zero-order chi connectivity index (χ0) is 17.1. The number of carbonyl (C=O) groups is 1. The number of morpholine rings is 1. The van der Waals surface area contributed by atoms with Crippen LogP contribution in [0.1, 0.15) is 29.4 Å². The highest BCUT2D eigenvalue weighted by molar-refractivity contribution is 6.24. The highest BCUT2D eigenvalue weighted by Crippen LogP contribution is 2.23. The van der Waals surface area contributed by atoms with Crippen molar-refractivity contribution in [3.05, 3.63) is 28.1 Å². The fourth-order valence-corrected chi connectivity index (χ4v) is 3.02. The number of nitrogens with one attached hydrogen (secondary N) is 2. The summed E-state index contributed by atoms with van der Waals surface area (Å²) < 4.78 is 10.8. The molecule has 0 aliphatic carbocycles. The number of amides is 1. The van der Waals surface area contributed by atoms with E-state index in [1.807, 2.05) is 13.0 Å². The van der Waals surface area contributed by atoms with E-state index in [-0.39, 0.29) is 5.91 Å². The van der Waals surface area contributed by atoms with Crippen LogP contribution in [0.2, 0.25) is 0 Å². The van der Waals surface area contributed by atoms with E-state index in [1.165, 1.54) is 5.56 Å². The Kier molecular flexibility index (Phi) is 5.01. The van der Waals surface area contributed by atoms with E-state index in [0.717, 1.165) is 49.8 Å². The standard InChI is InChI=1S/C17H24N4O3/c1-4-24-17-13(16(22)19-20-17)9-15-11(2)14(12(3)18-15)10-21-5-7-23-8-6-21/h9,18H,4-8,10H2,1-3H3,(H,19,22)/b13-9-. The maximum Gasteiger partial charge on any atom is 0.277 e. The van der Waals surface area contributed by atoms with Crippen LogP contribution >= 0.6 is 0 Å². The number of hydrogen-bond donors (Lipinski definition) is 2. The fourth-order valence-electron chi connectivity index (χ4n) is 3.02. The Morgan fingerprint density at radius 2 is 2.08 bits per heavy atom. The molecule has 24 heavy (non-hydrogen) atoms. The highest BCUT2D eigenvalue weighted by atomic mass is 16.5. The molecular weight excluding hydrogens is 308 g/mol. The molecular formula is C17H24N4O3. The van der Waals surface area contributed by atoms with Crippen LogP contribution in [0.4, 0.5) is 0 Å². The molecule has 1 fully saturated rings. The number of H-pyrrole nitrogens is 1. The van der Waals surface area contributed by atoms with Gasteiger partial charge >= 0.3 is 0 Å². The smallest absolute Gasteiger partial charge is 0.277 e. The lowest BCUT2D eigenvalue weighted by Gasteiger charge is -2.26. The molecule has 2 aliphatic heterocycles. The van der Waals surface area contributed by atoms with Crippen molar-refractivity contribution in [3.8, 4) is 0 Å². The third-order valence-electron chi connectivity index (χ3n) is 4.42. The van der Waals surface area contributed by atoms with Crippen LogP contribution in [0.15, 0.2) is 10.7 Å². The second kappa shape index (κ2) is 7.19. The van der Waals surface area contributed by atoms with Crippen molar-refractivity contribution < 1.29 is 14.3 Å². The van der Waals surface area contributed by atoms with Crippen molar-refractivity contribution in [2.24, 2.45) is 5.10 Å². The summed E-state index contributed by atoms with van der Waals surface area (Å²) in [6, 6.07) is 0. The number of hydrogen-bond acceptors (Lipinski definition) is 5. The molecule has 0 spiro atoms. The number of aryl methyl sites for hydroxylation is 1. The van der Waals surface area contributed by atoms with Crippen LogP contribution in [0.3, 0.4) is 0 Å². The summed E-state index contributed by atoms with van der Waals surface area (Å²) in [6.07, 6.45) is 1.82. The van der Waals surface area contributed by atoms with Crippen LogP contribution in [-0.4, -0.2) is 54.6 Å². The molecule has 0 bridgehead atoms. The topological polar surface area (TPSA) is 78.9 Å². The molecule has 130 valence electrons. The van der Waals surface area contributed by atoms with Gasteiger partial charge in [0.15, 0.2) is 0 Å². The Morgan fingerprint density at radius 3 is 2.79 bits per heavy atom. The highest BCUT2D eigenvalue weighted by Gasteiger charge is 2.25. The Balaban J connectivity index is 1.84. The summed E-state index contributed by atoms with van der Waals surface area (Å²) in [6.45, 7) is 10.8. The van der Waals surface area contributed by atoms with Crippen molar-refractivity contribution in [3.63, 3.8) is 0 Å². The third kappa shape index (κ3) is 3.37. The molecule has 7 nitrogen and oxygen atoms in total. The van der Waals surface area contributed by atoms with Gasteiger partial charge in [0.2, 0.25) is 5.90 Å². The van der Waals surface area contributed by atoms with E-state index >= 15 is 0 Å². The van der Waals surface area contributed by atoms with Gasteiger partial charge in [-0.05, 0) is 38.0 Å². The van der Waals surface area contributed by atoms with Gasteiger partial charge in [-0.15, -0.1) is 5.10 Å². The Bertz CT molecular complexity index is 684. The maximum absolute atomic E-state index is 12.0. The van der Waals surface area contributed by atoms with Gasteiger partial charge in [-0.25, -0.2) is 5.43 Å². The SMILES string of the molecule is CCOC1=NNC(=O)/C1=C/c1[nH]c(C)c(CN2CCOCC2)c1C. The van der Waals surface area contributed by atoms with Crippen LogP contribution in [0.5, 0.6) is 0 Å². The average molecular weight is 332 g/mol. The summed E-state index contributed by atoms with van der Waals surface area (Å²) in [5, 5.41) is 3.93. The van der Waals surface area contributed by atoms with Crippen molar-refractivity contribution in [2.75, 3.05) is 32.9 Å². The van der Waals surface area contributed by atoms with Crippen LogP contribution < -0.4 is 5.43 Å². The first-order valence-corrected chi connectivity index (χ1v) is 8.31. The molecule has 0 saturated carbocycles. The molecule has 1 aromatic rings. The number of aromatic amines is 1. The summed E-state index contributed by atoms with van der Waals surface area (Å²) in [7, 11) is 0. The number of aromatic nitrogens is 1. The molecule has 0 radical (unpaired) electrons. The van der Waals surface area contributed by atoms with Gasteiger partial charge in [-0.1, -0.05) is 0 Å². The Morgan fingerprint density at radius 1 is 1.33 bits per heavy atom. The van der Waals surface area contributed by atoms with Gasteiger partial charge < -0.3 is 14.5 Å². The van der Waals surface area contributed by atoms with Gasteiger partial charge in [0, 0.05) is 31.0 Å². The molecule has 1 aromatic heterocycles. The Labute approximate surface area is 141 Å². The summed E-state index contributed by atoms with van der Waals surface area (Å²) in [5.41, 5.74) is 7.39. The largest absolute Gasteiger partial charge is 0.476 e. The van der Waals surface area contributed by atoms with Gasteiger partial charge in [-0.2, -0.15) is 0 Å². The zero-order valence-electron chi connectivity index (χ0n) is 14.4. The minimum absolute atomic E-state index is 0.236. The van der Waals surface area contributed by atoms with Gasteiger partial charge in [0.05, 0.1) is 19.8 Å². The van der Waals surface area contributed by atoms with Crippen molar-refractivity contribution in [1.29, 1.82) is 0 Å². The van der Waals surface area contributed by atoms with E-state index in [1.54, 1.807) is 0 Å². The normalized spacial score (nSPS) is 20.4. The monoisotopic (exact) mass is 332 g/mol. The van der Waals surface area contributed by atoms with E-state index in [9.17, 15) is 4.79 Å². The van der Waals surface area contributed by atoms with E-state index in [4.69, 9.17) is 9.47 Å². The molecule has 7 heteroatoms. The van der Waals surface area contributed by atoms with Gasteiger partial charge in [-0.3, -0.25) is 9.69 Å². The summed E-state index contributed by atoms with van der Waals surface area (Å²) in [4.78, 5) is 17.7. The lowest BCUT2D eigenvalue weighted by Crippen LogP contribution is -2.35. The Hall–Kier alpha value is -2.12. The molecule has 0 unspecified atom stereocenters. The number of ether oxygens (including phenoxy) is 2. The van der Waals surface area contributed by atoms with E-state index in [0.29, 0.717) is 18.1 Å². The summed E-state index contributed by atoms with van der Waals surface area (Å²) in [5.74, 6) is 0.115.